The van der Waals surface area contributed by atoms with Crippen LogP contribution in [0.3, 0.4) is 0 Å². The molecule has 0 unspecified atom stereocenters. The van der Waals surface area contributed by atoms with E-state index in [4.69, 9.17) is 9.97 Å². The molecule has 0 spiro atoms. The van der Waals surface area contributed by atoms with E-state index in [1.807, 2.05) is 23.6 Å². The molecule has 0 bridgehead atoms. The zero-order chi connectivity index (χ0) is 33.5. The molecule has 0 aliphatic heterocycles. The smallest absolute Gasteiger partial charge is 0.235 e. The molecular formula is C45H27N5S. The molecule has 238 valence electrons. The summed E-state index contributed by atoms with van der Waals surface area (Å²) >= 11 is 1.86. The van der Waals surface area contributed by atoms with Crippen LogP contribution in [0.25, 0.3) is 97.9 Å². The minimum absolute atomic E-state index is 0.660. The molecule has 0 aliphatic carbocycles. The van der Waals surface area contributed by atoms with E-state index in [0.717, 1.165) is 50.0 Å². The van der Waals surface area contributed by atoms with E-state index in [-0.39, 0.29) is 0 Å². The quantitative estimate of drug-likeness (QED) is 0.187. The Hall–Kier alpha value is -6.63. The molecule has 0 amide bonds. The van der Waals surface area contributed by atoms with Gasteiger partial charge in [-0.1, -0.05) is 115 Å². The van der Waals surface area contributed by atoms with Crippen LogP contribution in [0.1, 0.15) is 0 Å². The van der Waals surface area contributed by atoms with Crippen LogP contribution >= 0.6 is 11.3 Å². The van der Waals surface area contributed by atoms with Crippen molar-refractivity contribution >= 4 is 75.3 Å². The standard InChI is InChI=1S/C45H27N5S/c1-2-12-31(13-3-1)49-39-19-9-6-16-35(39)43-42(49)36-25-24-33-32-14-5-8-18-38(32)50(41(33)44(36)51-43)45-47-37-17-7-4-15-34(37)40(48-45)29-22-20-28(21-23-29)30-11-10-26-46-27-30/h1-27H. The highest BCUT2D eigenvalue weighted by Gasteiger charge is 2.23. The molecule has 6 heteroatoms. The summed E-state index contributed by atoms with van der Waals surface area (Å²) in [6, 6.07) is 53.6. The molecule has 0 saturated heterocycles. The van der Waals surface area contributed by atoms with Crippen molar-refractivity contribution in [2.24, 2.45) is 0 Å². The topological polar surface area (TPSA) is 48.5 Å². The first-order chi connectivity index (χ1) is 25.3. The summed E-state index contributed by atoms with van der Waals surface area (Å²) in [4.78, 5) is 15.0. The number of thiophene rings is 1. The molecule has 5 aromatic heterocycles. The number of hydrogen-bond donors (Lipinski definition) is 0. The second kappa shape index (κ2) is 10.9. The monoisotopic (exact) mass is 669 g/mol. The largest absolute Gasteiger partial charge is 0.308 e. The van der Waals surface area contributed by atoms with Crippen LogP contribution in [0, 0.1) is 0 Å². The predicted octanol–water partition coefficient (Wildman–Crippen LogP) is 11.8. The molecule has 51 heavy (non-hydrogen) atoms. The Labute approximate surface area is 296 Å². The van der Waals surface area contributed by atoms with Crippen LogP contribution < -0.4 is 0 Å². The van der Waals surface area contributed by atoms with E-state index < -0.39 is 0 Å². The van der Waals surface area contributed by atoms with Gasteiger partial charge in [-0.25, -0.2) is 9.97 Å². The first kappa shape index (κ1) is 28.2. The van der Waals surface area contributed by atoms with Crippen molar-refractivity contribution in [2.45, 2.75) is 0 Å². The van der Waals surface area contributed by atoms with Crippen molar-refractivity contribution < 1.29 is 0 Å². The van der Waals surface area contributed by atoms with Gasteiger partial charge in [0.1, 0.15) is 0 Å². The zero-order valence-corrected chi connectivity index (χ0v) is 28.0. The number of benzene rings is 6. The molecule has 0 N–H and O–H groups in total. The van der Waals surface area contributed by atoms with Gasteiger partial charge in [0.2, 0.25) is 5.95 Å². The highest BCUT2D eigenvalue weighted by molar-refractivity contribution is 7.27. The van der Waals surface area contributed by atoms with Crippen LogP contribution in [-0.2, 0) is 0 Å². The second-order valence-corrected chi connectivity index (χ2v) is 13.9. The van der Waals surface area contributed by atoms with E-state index in [0.29, 0.717) is 5.95 Å². The number of fused-ring (bicyclic) bond motifs is 10. The van der Waals surface area contributed by atoms with Gasteiger partial charge in [-0.05, 0) is 47.5 Å². The third-order valence-electron chi connectivity index (χ3n) is 10.0. The van der Waals surface area contributed by atoms with E-state index in [1.54, 1.807) is 6.20 Å². The Morgan fingerprint density at radius 3 is 1.88 bits per heavy atom. The molecule has 11 rings (SSSR count). The maximum Gasteiger partial charge on any atom is 0.235 e. The number of hydrogen-bond acceptors (Lipinski definition) is 4. The van der Waals surface area contributed by atoms with Crippen molar-refractivity contribution in [2.75, 3.05) is 0 Å². The van der Waals surface area contributed by atoms with Gasteiger partial charge in [0, 0.05) is 50.6 Å². The molecule has 6 aromatic carbocycles. The van der Waals surface area contributed by atoms with E-state index in [2.05, 4.69) is 160 Å². The number of para-hydroxylation sites is 4. The summed E-state index contributed by atoms with van der Waals surface area (Å²) < 4.78 is 7.21. The van der Waals surface area contributed by atoms with Gasteiger partial charge in [-0.15, -0.1) is 11.3 Å². The van der Waals surface area contributed by atoms with Crippen molar-refractivity contribution in [1.29, 1.82) is 0 Å². The Morgan fingerprint density at radius 1 is 0.431 bits per heavy atom. The first-order valence-corrected chi connectivity index (χ1v) is 17.8. The fraction of sp³-hybridized carbons (Fsp3) is 0. The lowest BCUT2D eigenvalue weighted by atomic mass is 10.0. The fourth-order valence-corrected chi connectivity index (χ4v) is 9.12. The summed E-state index contributed by atoms with van der Waals surface area (Å²) in [6.07, 6.45) is 3.70. The molecule has 0 atom stereocenters. The SMILES string of the molecule is c1ccc(-n2c3ccccc3c3sc4c(ccc5c6ccccc6n(-c6nc(-c7ccc(-c8cccnc8)cc7)c7ccccc7n6)c54)c32)cc1. The molecule has 5 heterocycles. The summed E-state index contributed by atoms with van der Waals surface area (Å²) in [5, 5.41) is 5.87. The van der Waals surface area contributed by atoms with E-state index in [9.17, 15) is 0 Å². The Kier molecular flexibility index (Phi) is 6.05. The number of pyridine rings is 1. The Bertz CT molecular complexity index is 3120. The lowest BCUT2D eigenvalue weighted by Gasteiger charge is -2.12. The van der Waals surface area contributed by atoms with Crippen molar-refractivity contribution in [1.82, 2.24) is 24.1 Å². The summed E-state index contributed by atoms with van der Waals surface area (Å²) in [7, 11) is 0. The van der Waals surface area contributed by atoms with Crippen LogP contribution in [0.4, 0.5) is 0 Å². The first-order valence-electron chi connectivity index (χ1n) is 17.0. The lowest BCUT2D eigenvalue weighted by molar-refractivity contribution is 1.02. The molecule has 0 fully saturated rings. The van der Waals surface area contributed by atoms with Gasteiger partial charge in [-0.2, -0.15) is 0 Å². The number of nitrogens with zero attached hydrogens (tertiary/aromatic N) is 5. The molecular weight excluding hydrogens is 643 g/mol. The normalized spacial score (nSPS) is 11.9. The van der Waals surface area contributed by atoms with E-state index in [1.165, 1.54) is 42.0 Å². The summed E-state index contributed by atoms with van der Waals surface area (Å²) in [5.41, 5.74) is 10.9. The van der Waals surface area contributed by atoms with Gasteiger partial charge in [0.25, 0.3) is 0 Å². The fourth-order valence-electron chi connectivity index (χ4n) is 7.77. The van der Waals surface area contributed by atoms with Crippen molar-refractivity contribution in [3.05, 3.63) is 164 Å². The molecule has 0 radical (unpaired) electrons. The molecule has 0 saturated carbocycles. The van der Waals surface area contributed by atoms with Gasteiger partial charge in [0.05, 0.1) is 42.7 Å². The summed E-state index contributed by atoms with van der Waals surface area (Å²) in [5.74, 6) is 0.660. The van der Waals surface area contributed by atoms with Gasteiger partial charge >= 0.3 is 0 Å². The van der Waals surface area contributed by atoms with Crippen LogP contribution in [0.15, 0.2) is 164 Å². The second-order valence-electron chi connectivity index (χ2n) is 12.9. The maximum absolute atomic E-state index is 5.42. The summed E-state index contributed by atoms with van der Waals surface area (Å²) in [6.45, 7) is 0. The number of rotatable bonds is 4. The van der Waals surface area contributed by atoms with Crippen LogP contribution in [0.2, 0.25) is 0 Å². The van der Waals surface area contributed by atoms with Gasteiger partial charge in [0.15, 0.2) is 0 Å². The van der Waals surface area contributed by atoms with E-state index >= 15 is 0 Å². The third kappa shape index (κ3) is 4.17. The Morgan fingerprint density at radius 2 is 1.08 bits per heavy atom. The van der Waals surface area contributed by atoms with Crippen molar-refractivity contribution in [3.8, 4) is 34.0 Å². The van der Waals surface area contributed by atoms with Gasteiger partial charge in [-0.3, -0.25) is 9.55 Å². The lowest BCUT2D eigenvalue weighted by Crippen LogP contribution is -2.03. The Balaban J connectivity index is 1.22. The molecule has 5 nitrogen and oxygen atoms in total. The average Bonchev–Trinajstić information content (AvgIpc) is 3.85. The molecule has 11 aromatic rings. The minimum Gasteiger partial charge on any atom is -0.308 e. The van der Waals surface area contributed by atoms with Crippen molar-refractivity contribution in [3.63, 3.8) is 0 Å². The zero-order valence-electron chi connectivity index (χ0n) is 27.2. The highest BCUT2D eigenvalue weighted by Crippen LogP contribution is 2.47. The van der Waals surface area contributed by atoms with Crippen LogP contribution in [-0.4, -0.2) is 24.1 Å². The third-order valence-corrected chi connectivity index (χ3v) is 11.3. The average molecular weight is 670 g/mol. The molecule has 0 aliphatic rings. The minimum atomic E-state index is 0.660. The van der Waals surface area contributed by atoms with Gasteiger partial charge < -0.3 is 4.57 Å². The van der Waals surface area contributed by atoms with Crippen LogP contribution in [0.5, 0.6) is 0 Å². The predicted molar refractivity (Wildman–Crippen MR) is 212 cm³/mol. The maximum atomic E-state index is 5.42. The highest BCUT2D eigenvalue weighted by atomic mass is 32.1. The number of aromatic nitrogens is 5.